The number of ether oxygens (including phenoxy) is 1. The van der Waals surface area contributed by atoms with Crippen molar-refractivity contribution in [3.05, 3.63) is 24.3 Å². The summed E-state index contributed by atoms with van der Waals surface area (Å²) < 4.78 is 5.36. The molecule has 0 saturated carbocycles. The van der Waals surface area contributed by atoms with Crippen LogP contribution in [0.25, 0.3) is 0 Å². The second-order valence-electron chi connectivity index (χ2n) is 4.10. The fourth-order valence-corrected chi connectivity index (χ4v) is 1.74. The number of fused-ring (bicyclic) bond motifs is 1. The number of rotatable bonds is 3. The number of benzene rings is 1. The van der Waals surface area contributed by atoms with E-state index in [1.165, 1.54) is 0 Å². The molecule has 0 aromatic heterocycles. The minimum atomic E-state index is -0.000926. The molecular formula is C12H16N2O2. The van der Waals surface area contributed by atoms with E-state index in [-0.39, 0.29) is 18.4 Å². The number of para-hydroxylation sites is 2. The van der Waals surface area contributed by atoms with Crippen molar-refractivity contribution in [3.8, 4) is 5.75 Å². The van der Waals surface area contributed by atoms with Crippen molar-refractivity contribution in [2.75, 3.05) is 24.6 Å². The van der Waals surface area contributed by atoms with E-state index in [0.717, 1.165) is 11.4 Å². The normalized spacial score (nSPS) is 16.6. The fraction of sp³-hybridized carbons (Fsp3) is 0.417. The summed E-state index contributed by atoms with van der Waals surface area (Å²) in [5, 5.41) is 0. The van der Waals surface area contributed by atoms with E-state index in [4.69, 9.17) is 10.5 Å². The van der Waals surface area contributed by atoms with Gasteiger partial charge in [0.1, 0.15) is 5.75 Å². The van der Waals surface area contributed by atoms with Gasteiger partial charge in [-0.1, -0.05) is 19.1 Å². The van der Waals surface area contributed by atoms with E-state index in [9.17, 15) is 4.79 Å². The molecule has 2 N–H and O–H groups in total. The molecule has 1 aliphatic heterocycles. The molecule has 0 fully saturated rings. The van der Waals surface area contributed by atoms with Crippen LogP contribution in [-0.4, -0.2) is 25.6 Å². The van der Waals surface area contributed by atoms with Gasteiger partial charge in [0.2, 0.25) is 0 Å². The van der Waals surface area contributed by atoms with Crippen molar-refractivity contribution < 1.29 is 9.53 Å². The number of carbonyl (C=O) groups is 1. The van der Waals surface area contributed by atoms with E-state index in [1.807, 2.05) is 31.2 Å². The predicted octanol–water partition coefficient (Wildman–Crippen LogP) is 1.01. The molecule has 1 unspecified atom stereocenters. The molecule has 1 atom stereocenters. The quantitative estimate of drug-likeness (QED) is 0.827. The maximum atomic E-state index is 11.8. The average Bonchev–Trinajstić information content (AvgIpc) is 2.32. The van der Waals surface area contributed by atoms with Crippen LogP contribution in [-0.2, 0) is 4.79 Å². The largest absolute Gasteiger partial charge is 0.482 e. The molecule has 1 amide bonds. The minimum absolute atomic E-state index is 0.000926. The first kappa shape index (κ1) is 11.0. The number of hydrogen-bond donors (Lipinski definition) is 1. The summed E-state index contributed by atoms with van der Waals surface area (Å²) in [7, 11) is 0. The lowest BCUT2D eigenvalue weighted by Crippen LogP contribution is -2.42. The molecule has 1 aromatic carbocycles. The van der Waals surface area contributed by atoms with Gasteiger partial charge in [0.05, 0.1) is 5.69 Å². The number of amides is 1. The topological polar surface area (TPSA) is 55.6 Å². The Morgan fingerprint density at radius 1 is 1.50 bits per heavy atom. The van der Waals surface area contributed by atoms with Crippen molar-refractivity contribution in [2.24, 2.45) is 11.7 Å². The van der Waals surface area contributed by atoms with Crippen LogP contribution in [0, 0.1) is 5.92 Å². The monoisotopic (exact) mass is 220 g/mol. The molecule has 4 nitrogen and oxygen atoms in total. The maximum absolute atomic E-state index is 11.8. The van der Waals surface area contributed by atoms with E-state index in [0.29, 0.717) is 13.1 Å². The third-order valence-corrected chi connectivity index (χ3v) is 2.70. The van der Waals surface area contributed by atoms with Gasteiger partial charge in [0.25, 0.3) is 5.91 Å². The predicted molar refractivity (Wildman–Crippen MR) is 62.5 cm³/mol. The zero-order valence-corrected chi connectivity index (χ0v) is 9.35. The molecule has 0 saturated heterocycles. The Hall–Kier alpha value is -1.55. The summed E-state index contributed by atoms with van der Waals surface area (Å²) in [6, 6.07) is 7.58. The molecule has 1 aromatic rings. The lowest BCUT2D eigenvalue weighted by Gasteiger charge is -2.31. The van der Waals surface area contributed by atoms with Gasteiger partial charge in [-0.05, 0) is 24.6 Å². The summed E-state index contributed by atoms with van der Waals surface area (Å²) in [6.45, 7) is 3.38. The van der Waals surface area contributed by atoms with E-state index < -0.39 is 0 Å². The van der Waals surface area contributed by atoms with E-state index in [2.05, 4.69) is 0 Å². The molecule has 0 radical (unpaired) electrons. The first-order valence-corrected chi connectivity index (χ1v) is 5.44. The Bertz CT molecular complexity index is 392. The van der Waals surface area contributed by atoms with Crippen LogP contribution in [0.2, 0.25) is 0 Å². The number of carbonyl (C=O) groups excluding carboxylic acids is 1. The van der Waals surface area contributed by atoms with Crippen molar-refractivity contribution in [3.63, 3.8) is 0 Å². The zero-order valence-electron chi connectivity index (χ0n) is 9.35. The van der Waals surface area contributed by atoms with Crippen molar-refractivity contribution in [2.45, 2.75) is 6.92 Å². The van der Waals surface area contributed by atoms with Crippen LogP contribution in [0.1, 0.15) is 6.92 Å². The van der Waals surface area contributed by atoms with E-state index in [1.54, 1.807) is 4.90 Å². The molecule has 0 spiro atoms. The van der Waals surface area contributed by atoms with Gasteiger partial charge in [0.15, 0.2) is 6.61 Å². The van der Waals surface area contributed by atoms with Crippen molar-refractivity contribution in [1.82, 2.24) is 0 Å². The highest BCUT2D eigenvalue weighted by Gasteiger charge is 2.25. The third-order valence-electron chi connectivity index (χ3n) is 2.70. The van der Waals surface area contributed by atoms with Gasteiger partial charge in [-0.25, -0.2) is 0 Å². The first-order valence-electron chi connectivity index (χ1n) is 5.44. The molecule has 4 heteroatoms. The summed E-state index contributed by atoms with van der Waals surface area (Å²) >= 11 is 0. The number of nitrogens with zero attached hydrogens (tertiary/aromatic N) is 1. The molecule has 0 bridgehead atoms. The lowest BCUT2D eigenvalue weighted by molar-refractivity contribution is -0.121. The van der Waals surface area contributed by atoms with Crippen LogP contribution < -0.4 is 15.4 Å². The molecule has 0 aliphatic carbocycles. The van der Waals surface area contributed by atoms with Crippen LogP contribution in [0.3, 0.4) is 0 Å². The van der Waals surface area contributed by atoms with Crippen molar-refractivity contribution in [1.29, 1.82) is 0 Å². The average molecular weight is 220 g/mol. The number of nitrogens with two attached hydrogens (primary N) is 1. The summed E-state index contributed by atoms with van der Waals surface area (Å²) in [5.41, 5.74) is 6.43. The highest BCUT2D eigenvalue weighted by atomic mass is 16.5. The fourth-order valence-electron chi connectivity index (χ4n) is 1.74. The Kier molecular flexibility index (Phi) is 3.10. The Morgan fingerprint density at radius 2 is 2.25 bits per heavy atom. The molecule has 86 valence electrons. The van der Waals surface area contributed by atoms with Gasteiger partial charge in [-0.3, -0.25) is 4.79 Å². The molecule has 16 heavy (non-hydrogen) atoms. The minimum Gasteiger partial charge on any atom is -0.482 e. The number of hydrogen-bond acceptors (Lipinski definition) is 3. The molecule has 1 heterocycles. The summed E-state index contributed by atoms with van der Waals surface area (Å²) in [6.07, 6.45) is 0. The SMILES string of the molecule is CC(CN)CN1C(=O)COc2ccccc21. The van der Waals surface area contributed by atoms with Crippen LogP contribution in [0.5, 0.6) is 5.75 Å². The third kappa shape index (κ3) is 2.02. The summed E-state index contributed by atoms with van der Waals surface area (Å²) in [5.74, 6) is 1.06. The highest BCUT2D eigenvalue weighted by Crippen LogP contribution is 2.31. The second kappa shape index (κ2) is 4.53. The highest BCUT2D eigenvalue weighted by molar-refractivity contribution is 5.97. The molecular weight excluding hydrogens is 204 g/mol. The number of anilines is 1. The van der Waals surface area contributed by atoms with Gasteiger partial charge >= 0.3 is 0 Å². The zero-order chi connectivity index (χ0) is 11.5. The maximum Gasteiger partial charge on any atom is 0.265 e. The lowest BCUT2D eigenvalue weighted by atomic mass is 10.1. The van der Waals surface area contributed by atoms with Crippen molar-refractivity contribution >= 4 is 11.6 Å². The van der Waals surface area contributed by atoms with Crippen LogP contribution in [0.4, 0.5) is 5.69 Å². The van der Waals surface area contributed by atoms with Crippen LogP contribution >= 0.6 is 0 Å². The van der Waals surface area contributed by atoms with Gasteiger partial charge < -0.3 is 15.4 Å². The Labute approximate surface area is 95.0 Å². The van der Waals surface area contributed by atoms with E-state index >= 15 is 0 Å². The standard InChI is InChI=1S/C12H16N2O2/c1-9(6-13)7-14-10-4-2-3-5-11(10)16-8-12(14)15/h2-5,9H,6-8,13H2,1H3. The molecule has 2 rings (SSSR count). The summed E-state index contributed by atoms with van der Waals surface area (Å²) in [4.78, 5) is 13.5. The second-order valence-corrected chi connectivity index (χ2v) is 4.10. The van der Waals surface area contributed by atoms with Gasteiger partial charge in [0, 0.05) is 6.54 Å². The van der Waals surface area contributed by atoms with Crippen LogP contribution in [0.15, 0.2) is 24.3 Å². The first-order chi connectivity index (χ1) is 7.72. The Morgan fingerprint density at radius 3 is 3.00 bits per heavy atom. The smallest absolute Gasteiger partial charge is 0.265 e. The van der Waals surface area contributed by atoms with Gasteiger partial charge in [-0.2, -0.15) is 0 Å². The van der Waals surface area contributed by atoms with Gasteiger partial charge in [-0.15, -0.1) is 0 Å². The Balaban J connectivity index is 2.26. The molecule has 1 aliphatic rings.